The highest BCUT2D eigenvalue weighted by molar-refractivity contribution is 5.30. The average molecular weight is 312 g/mol. The molecule has 0 N–H and O–H groups in total. The number of ether oxygens (including phenoxy) is 2. The zero-order valence-electron chi connectivity index (χ0n) is 14.9. The maximum absolute atomic E-state index is 5.85. The molecule has 2 rings (SSSR count). The second-order valence-electron chi connectivity index (χ2n) is 6.30. The fraction of sp³-hybridized carbons (Fsp3) is 0.429. The Bertz CT molecular complexity index is 616. The molecule has 0 heterocycles. The van der Waals surface area contributed by atoms with Gasteiger partial charge in [-0.1, -0.05) is 49.7 Å². The smallest absolute Gasteiger partial charge is 0.197 e. The summed E-state index contributed by atoms with van der Waals surface area (Å²) in [7, 11) is 0. The standard InChI is InChI=1S/C21H28O2/c1-6-16(3)19-9-11-21(12-10-19)23-18(5)22-14-20-8-7-15(2)13-17(20)4/h7-13,16,18H,6,14H2,1-5H3. The monoisotopic (exact) mass is 312 g/mol. The van der Waals surface area contributed by atoms with Gasteiger partial charge in [0.25, 0.3) is 0 Å². The van der Waals surface area contributed by atoms with Crippen LogP contribution in [0.15, 0.2) is 42.5 Å². The first-order valence-electron chi connectivity index (χ1n) is 8.44. The second-order valence-corrected chi connectivity index (χ2v) is 6.30. The minimum atomic E-state index is -0.273. The van der Waals surface area contributed by atoms with Crippen LogP contribution in [0.2, 0.25) is 0 Å². The number of hydrogen-bond acceptors (Lipinski definition) is 2. The van der Waals surface area contributed by atoms with Crippen molar-refractivity contribution in [2.75, 3.05) is 0 Å². The third kappa shape index (κ3) is 5.11. The summed E-state index contributed by atoms with van der Waals surface area (Å²) in [6.07, 6.45) is 0.875. The van der Waals surface area contributed by atoms with E-state index in [0.717, 1.165) is 12.2 Å². The van der Waals surface area contributed by atoms with Crippen LogP contribution in [-0.4, -0.2) is 6.29 Å². The van der Waals surface area contributed by atoms with Crippen molar-refractivity contribution in [2.45, 2.75) is 59.9 Å². The Balaban J connectivity index is 1.88. The quantitative estimate of drug-likeness (QED) is 0.605. The van der Waals surface area contributed by atoms with E-state index < -0.39 is 0 Å². The van der Waals surface area contributed by atoms with Crippen LogP contribution in [0.3, 0.4) is 0 Å². The van der Waals surface area contributed by atoms with E-state index in [1.807, 2.05) is 19.1 Å². The zero-order valence-corrected chi connectivity index (χ0v) is 14.9. The first-order chi connectivity index (χ1) is 11.0. The minimum Gasteiger partial charge on any atom is -0.465 e. The van der Waals surface area contributed by atoms with E-state index in [9.17, 15) is 0 Å². The molecule has 0 amide bonds. The summed E-state index contributed by atoms with van der Waals surface area (Å²) in [6, 6.07) is 14.7. The van der Waals surface area contributed by atoms with Gasteiger partial charge in [-0.15, -0.1) is 0 Å². The summed E-state index contributed by atoms with van der Waals surface area (Å²) in [6.45, 7) is 11.2. The van der Waals surface area contributed by atoms with Crippen molar-refractivity contribution >= 4 is 0 Å². The molecule has 2 heteroatoms. The topological polar surface area (TPSA) is 18.5 Å². The molecule has 2 unspecified atom stereocenters. The molecule has 0 aliphatic heterocycles. The summed E-state index contributed by atoms with van der Waals surface area (Å²) in [4.78, 5) is 0. The van der Waals surface area contributed by atoms with Crippen LogP contribution in [0.5, 0.6) is 5.75 Å². The van der Waals surface area contributed by atoms with Crippen molar-refractivity contribution in [3.8, 4) is 5.75 Å². The minimum absolute atomic E-state index is 0.273. The lowest BCUT2D eigenvalue weighted by molar-refractivity contribution is -0.0760. The van der Waals surface area contributed by atoms with Gasteiger partial charge in [0.15, 0.2) is 6.29 Å². The molecule has 0 aliphatic rings. The SMILES string of the molecule is CCC(C)c1ccc(OC(C)OCc2ccc(C)cc2C)cc1. The zero-order chi connectivity index (χ0) is 16.8. The van der Waals surface area contributed by atoms with E-state index in [0.29, 0.717) is 12.5 Å². The van der Waals surface area contributed by atoms with Gasteiger partial charge in [-0.25, -0.2) is 0 Å². The number of benzene rings is 2. The highest BCUT2D eigenvalue weighted by atomic mass is 16.7. The highest BCUT2D eigenvalue weighted by Gasteiger charge is 2.07. The summed E-state index contributed by atoms with van der Waals surface area (Å²) < 4.78 is 11.7. The third-order valence-electron chi connectivity index (χ3n) is 4.34. The predicted molar refractivity (Wildman–Crippen MR) is 95.9 cm³/mol. The lowest BCUT2D eigenvalue weighted by Gasteiger charge is -2.17. The van der Waals surface area contributed by atoms with E-state index in [-0.39, 0.29) is 6.29 Å². The van der Waals surface area contributed by atoms with Gasteiger partial charge < -0.3 is 9.47 Å². The van der Waals surface area contributed by atoms with Crippen molar-refractivity contribution in [1.29, 1.82) is 0 Å². The van der Waals surface area contributed by atoms with E-state index in [1.54, 1.807) is 0 Å². The Morgan fingerprint density at radius 2 is 1.65 bits per heavy atom. The molecule has 124 valence electrons. The molecule has 23 heavy (non-hydrogen) atoms. The fourth-order valence-corrected chi connectivity index (χ4v) is 2.55. The van der Waals surface area contributed by atoms with Crippen molar-refractivity contribution in [1.82, 2.24) is 0 Å². The van der Waals surface area contributed by atoms with Crippen molar-refractivity contribution in [3.05, 3.63) is 64.7 Å². The Morgan fingerprint density at radius 3 is 2.26 bits per heavy atom. The van der Waals surface area contributed by atoms with Crippen LogP contribution in [0, 0.1) is 13.8 Å². The molecule has 2 aromatic carbocycles. The van der Waals surface area contributed by atoms with E-state index in [1.165, 1.54) is 22.3 Å². The third-order valence-corrected chi connectivity index (χ3v) is 4.34. The average Bonchev–Trinajstić information content (AvgIpc) is 2.54. The number of hydrogen-bond donors (Lipinski definition) is 0. The second kappa shape index (κ2) is 8.16. The first kappa shape index (κ1) is 17.6. The molecule has 0 fully saturated rings. The molecule has 0 spiro atoms. The Labute approximate surface area is 140 Å². The molecule has 0 saturated carbocycles. The van der Waals surface area contributed by atoms with Gasteiger partial charge in [0, 0.05) is 0 Å². The van der Waals surface area contributed by atoms with Gasteiger partial charge in [-0.2, -0.15) is 0 Å². The molecule has 2 aromatic rings. The summed E-state index contributed by atoms with van der Waals surface area (Å²) >= 11 is 0. The Kier molecular flexibility index (Phi) is 6.23. The molecule has 0 radical (unpaired) electrons. The van der Waals surface area contributed by atoms with Crippen LogP contribution in [-0.2, 0) is 11.3 Å². The largest absolute Gasteiger partial charge is 0.465 e. The van der Waals surface area contributed by atoms with Gasteiger partial charge >= 0.3 is 0 Å². The van der Waals surface area contributed by atoms with Gasteiger partial charge in [-0.3, -0.25) is 0 Å². The summed E-state index contributed by atoms with van der Waals surface area (Å²) in [5.74, 6) is 1.44. The van der Waals surface area contributed by atoms with Crippen molar-refractivity contribution in [2.24, 2.45) is 0 Å². The van der Waals surface area contributed by atoms with Gasteiger partial charge in [-0.05, 0) is 61.9 Å². The molecule has 2 atom stereocenters. The summed E-state index contributed by atoms with van der Waals surface area (Å²) in [5, 5.41) is 0. The Hall–Kier alpha value is -1.80. The van der Waals surface area contributed by atoms with Crippen molar-refractivity contribution < 1.29 is 9.47 Å². The van der Waals surface area contributed by atoms with Crippen LogP contribution < -0.4 is 4.74 Å². The molecular weight excluding hydrogens is 284 g/mol. The van der Waals surface area contributed by atoms with Crippen LogP contribution in [0.1, 0.15) is 55.4 Å². The molecule has 2 nitrogen and oxygen atoms in total. The molecule has 0 aliphatic carbocycles. The predicted octanol–water partition coefficient (Wildman–Crippen LogP) is 5.76. The summed E-state index contributed by atoms with van der Waals surface area (Å²) in [5.41, 5.74) is 5.09. The van der Waals surface area contributed by atoms with E-state index in [2.05, 4.69) is 58.0 Å². The lowest BCUT2D eigenvalue weighted by Crippen LogP contribution is -2.16. The molecular formula is C21H28O2. The van der Waals surface area contributed by atoms with Crippen LogP contribution >= 0.6 is 0 Å². The van der Waals surface area contributed by atoms with Crippen molar-refractivity contribution in [3.63, 3.8) is 0 Å². The normalized spacial score (nSPS) is 13.6. The molecule has 0 aromatic heterocycles. The Morgan fingerprint density at radius 1 is 0.957 bits per heavy atom. The first-order valence-corrected chi connectivity index (χ1v) is 8.44. The highest BCUT2D eigenvalue weighted by Crippen LogP contribution is 2.22. The van der Waals surface area contributed by atoms with Gasteiger partial charge in [0.05, 0.1) is 6.61 Å². The van der Waals surface area contributed by atoms with E-state index in [4.69, 9.17) is 9.47 Å². The van der Waals surface area contributed by atoms with E-state index >= 15 is 0 Å². The van der Waals surface area contributed by atoms with Gasteiger partial charge in [0.2, 0.25) is 0 Å². The maximum atomic E-state index is 5.85. The molecule has 0 bridgehead atoms. The maximum Gasteiger partial charge on any atom is 0.197 e. The van der Waals surface area contributed by atoms with Crippen LogP contribution in [0.25, 0.3) is 0 Å². The fourth-order valence-electron chi connectivity index (χ4n) is 2.55. The van der Waals surface area contributed by atoms with Crippen LogP contribution in [0.4, 0.5) is 0 Å². The van der Waals surface area contributed by atoms with Gasteiger partial charge in [0.1, 0.15) is 5.75 Å². The lowest BCUT2D eigenvalue weighted by atomic mass is 9.99. The number of rotatable bonds is 7. The number of aryl methyl sites for hydroxylation is 2. The molecule has 0 saturated heterocycles.